The Morgan fingerprint density at radius 1 is 1.35 bits per heavy atom. The molecule has 2 heterocycles. The number of hydrogen-bond acceptors (Lipinski definition) is 7. The molecule has 0 radical (unpaired) electrons. The Morgan fingerprint density at radius 2 is 2.08 bits per heavy atom. The third kappa shape index (κ3) is 3.72. The average molecular weight is 379 g/mol. The van der Waals surface area contributed by atoms with Gasteiger partial charge in [-0.3, -0.25) is 4.31 Å². The summed E-state index contributed by atoms with van der Waals surface area (Å²) < 4.78 is 35.2. The van der Waals surface area contributed by atoms with Crippen LogP contribution in [0.2, 0.25) is 0 Å². The number of carbonyl (C=O) groups is 1. The Hall–Kier alpha value is -2.42. The lowest BCUT2D eigenvalue weighted by Crippen LogP contribution is -2.27. The van der Waals surface area contributed by atoms with Gasteiger partial charge >= 0.3 is 5.97 Å². The molecule has 3 rings (SSSR count). The van der Waals surface area contributed by atoms with Gasteiger partial charge in [-0.1, -0.05) is 25.9 Å². The number of benzene rings is 1. The molecule has 0 aliphatic carbocycles. The Labute approximate surface area is 152 Å². The molecule has 1 aromatic carbocycles. The van der Waals surface area contributed by atoms with Gasteiger partial charge in [0.25, 0.3) is 5.89 Å². The minimum absolute atomic E-state index is 0.117. The molecule has 0 atom stereocenters. The molecule has 0 saturated carbocycles. The van der Waals surface area contributed by atoms with Crippen molar-refractivity contribution in [2.75, 3.05) is 17.1 Å². The maximum atomic E-state index is 12.3. The maximum Gasteiger partial charge on any atom is 0.338 e. The molecule has 1 aromatic heterocycles. The van der Waals surface area contributed by atoms with Gasteiger partial charge in [-0.15, -0.1) is 0 Å². The van der Waals surface area contributed by atoms with Crippen molar-refractivity contribution in [3.05, 3.63) is 41.0 Å². The number of esters is 1. The third-order valence-corrected chi connectivity index (χ3v) is 5.21. The Morgan fingerprint density at radius 3 is 2.69 bits per heavy atom. The second kappa shape index (κ2) is 6.39. The zero-order chi connectivity index (χ0) is 19.1. The number of anilines is 1. The van der Waals surface area contributed by atoms with E-state index in [1.807, 2.05) is 20.8 Å². The molecule has 0 fully saturated rings. The highest BCUT2D eigenvalue weighted by Crippen LogP contribution is 2.31. The summed E-state index contributed by atoms with van der Waals surface area (Å²) in [5, 5.41) is 3.88. The SMILES string of the molecule is CC(C)(C)c1noc(COC(=O)c2ccc3c(c2)CCN3S(C)(=O)=O)n1. The Kier molecular flexibility index (Phi) is 4.51. The first-order chi connectivity index (χ1) is 12.1. The number of nitrogens with zero attached hydrogens (tertiary/aromatic N) is 3. The molecule has 0 N–H and O–H groups in total. The first-order valence-corrected chi connectivity index (χ1v) is 10.0. The van der Waals surface area contributed by atoms with E-state index in [1.165, 1.54) is 10.6 Å². The fraction of sp³-hybridized carbons (Fsp3) is 0.471. The van der Waals surface area contributed by atoms with E-state index in [0.29, 0.717) is 30.0 Å². The van der Waals surface area contributed by atoms with Crippen LogP contribution in [-0.4, -0.2) is 37.3 Å². The van der Waals surface area contributed by atoms with Crippen molar-refractivity contribution in [1.29, 1.82) is 0 Å². The number of sulfonamides is 1. The fourth-order valence-corrected chi connectivity index (χ4v) is 3.63. The van der Waals surface area contributed by atoms with Crippen LogP contribution in [0.15, 0.2) is 22.7 Å². The quantitative estimate of drug-likeness (QED) is 0.749. The van der Waals surface area contributed by atoms with Gasteiger partial charge in [0.1, 0.15) is 0 Å². The van der Waals surface area contributed by atoms with Crippen molar-refractivity contribution in [2.24, 2.45) is 0 Å². The molecule has 0 unspecified atom stereocenters. The van der Waals surface area contributed by atoms with E-state index >= 15 is 0 Å². The number of rotatable bonds is 4. The lowest BCUT2D eigenvalue weighted by atomic mass is 9.96. The summed E-state index contributed by atoms with van der Waals surface area (Å²) in [6.45, 7) is 6.13. The molecule has 0 amide bonds. The molecule has 2 aromatic rings. The normalized spacial score (nSPS) is 14.4. The van der Waals surface area contributed by atoms with Gasteiger partial charge in [-0.2, -0.15) is 4.98 Å². The molecule has 8 nitrogen and oxygen atoms in total. The summed E-state index contributed by atoms with van der Waals surface area (Å²) in [5.41, 5.74) is 1.51. The van der Waals surface area contributed by atoms with Crippen molar-refractivity contribution in [1.82, 2.24) is 10.1 Å². The standard InChI is InChI=1S/C17H21N3O5S/c1-17(2,3)16-18-14(25-19-16)10-24-15(21)12-5-6-13-11(9-12)7-8-20(13)26(4,22)23/h5-6,9H,7-8,10H2,1-4H3. The predicted octanol–water partition coefficient (Wildman–Crippen LogP) is 2.05. The summed E-state index contributed by atoms with van der Waals surface area (Å²) >= 11 is 0. The van der Waals surface area contributed by atoms with Crippen molar-refractivity contribution >= 4 is 21.7 Å². The highest BCUT2D eigenvalue weighted by atomic mass is 32.2. The summed E-state index contributed by atoms with van der Waals surface area (Å²) in [4.78, 5) is 16.5. The van der Waals surface area contributed by atoms with Gasteiger partial charge in [0.2, 0.25) is 10.0 Å². The minimum atomic E-state index is -3.32. The molecular formula is C17H21N3O5S. The number of carbonyl (C=O) groups excluding carboxylic acids is 1. The van der Waals surface area contributed by atoms with Gasteiger partial charge in [-0.05, 0) is 30.2 Å². The van der Waals surface area contributed by atoms with Crippen LogP contribution in [0.4, 0.5) is 5.69 Å². The summed E-state index contributed by atoms with van der Waals surface area (Å²) in [5.74, 6) is 0.246. The highest BCUT2D eigenvalue weighted by Gasteiger charge is 2.27. The fourth-order valence-electron chi connectivity index (χ4n) is 2.67. The third-order valence-electron chi connectivity index (χ3n) is 4.03. The monoisotopic (exact) mass is 379 g/mol. The Bertz CT molecular complexity index is 944. The van der Waals surface area contributed by atoms with Crippen molar-refractivity contribution in [2.45, 2.75) is 39.2 Å². The molecule has 26 heavy (non-hydrogen) atoms. The van der Waals surface area contributed by atoms with Gasteiger partial charge in [-0.25, -0.2) is 13.2 Å². The molecule has 9 heteroatoms. The van der Waals surface area contributed by atoms with E-state index < -0.39 is 16.0 Å². The summed E-state index contributed by atoms with van der Waals surface area (Å²) in [7, 11) is -3.32. The van der Waals surface area contributed by atoms with Crippen LogP contribution >= 0.6 is 0 Å². The van der Waals surface area contributed by atoms with E-state index in [9.17, 15) is 13.2 Å². The number of ether oxygens (including phenoxy) is 1. The predicted molar refractivity (Wildman–Crippen MR) is 94.5 cm³/mol. The van der Waals surface area contributed by atoms with E-state index in [0.717, 1.165) is 5.56 Å². The van der Waals surface area contributed by atoms with Crippen LogP contribution in [0.25, 0.3) is 0 Å². The van der Waals surface area contributed by atoms with Gasteiger partial charge in [0.05, 0.1) is 17.5 Å². The molecule has 0 spiro atoms. The summed E-state index contributed by atoms with van der Waals surface area (Å²) in [6.07, 6.45) is 1.72. The van der Waals surface area contributed by atoms with Crippen LogP contribution in [0.3, 0.4) is 0 Å². The van der Waals surface area contributed by atoms with Gasteiger partial charge in [0, 0.05) is 12.0 Å². The smallest absolute Gasteiger partial charge is 0.338 e. The van der Waals surface area contributed by atoms with Gasteiger partial charge in [0.15, 0.2) is 12.4 Å². The molecule has 1 aliphatic heterocycles. The number of fused-ring (bicyclic) bond motifs is 1. The summed E-state index contributed by atoms with van der Waals surface area (Å²) in [6, 6.07) is 4.85. The molecule has 1 aliphatic rings. The van der Waals surface area contributed by atoms with E-state index in [4.69, 9.17) is 9.26 Å². The Balaban J connectivity index is 1.69. The minimum Gasteiger partial charge on any atom is -0.452 e. The second-order valence-corrected chi connectivity index (χ2v) is 9.17. The molecular weight excluding hydrogens is 358 g/mol. The second-order valence-electron chi connectivity index (χ2n) is 7.27. The zero-order valence-electron chi connectivity index (χ0n) is 15.1. The highest BCUT2D eigenvalue weighted by molar-refractivity contribution is 7.92. The van der Waals surface area contributed by atoms with Crippen LogP contribution in [0.5, 0.6) is 0 Å². The lowest BCUT2D eigenvalue weighted by molar-refractivity contribution is 0.0429. The van der Waals surface area contributed by atoms with Crippen LogP contribution in [0.1, 0.15) is 48.4 Å². The van der Waals surface area contributed by atoms with Crippen LogP contribution < -0.4 is 4.31 Å². The molecule has 0 bridgehead atoms. The number of hydrogen-bond donors (Lipinski definition) is 0. The van der Waals surface area contributed by atoms with Crippen LogP contribution in [-0.2, 0) is 33.2 Å². The van der Waals surface area contributed by atoms with E-state index in [1.54, 1.807) is 18.2 Å². The van der Waals surface area contributed by atoms with Crippen molar-refractivity contribution < 1.29 is 22.5 Å². The van der Waals surface area contributed by atoms with E-state index in [2.05, 4.69) is 10.1 Å². The number of aromatic nitrogens is 2. The zero-order valence-corrected chi connectivity index (χ0v) is 16.0. The average Bonchev–Trinajstić information content (AvgIpc) is 3.17. The molecule has 140 valence electrons. The van der Waals surface area contributed by atoms with Crippen molar-refractivity contribution in [3.63, 3.8) is 0 Å². The molecule has 0 saturated heterocycles. The van der Waals surface area contributed by atoms with E-state index in [-0.39, 0.29) is 17.9 Å². The van der Waals surface area contributed by atoms with Crippen LogP contribution in [0, 0.1) is 0 Å². The first-order valence-electron chi connectivity index (χ1n) is 8.16. The largest absolute Gasteiger partial charge is 0.452 e. The topological polar surface area (TPSA) is 103 Å². The van der Waals surface area contributed by atoms with Gasteiger partial charge < -0.3 is 9.26 Å². The maximum absolute atomic E-state index is 12.3. The van der Waals surface area contributed by atoms with Crippen molar-refractivity contribution in [3.8, 4) is 0 Å². The first kappa shape index (κ1) is 18.4. The lowest BCUT2D eigenvalue weighted by Gasteiger charge is -2.16.